The van der Waals surface area contributed by atoms with E-state index in [1.165, 1.54) is 0 Å². The predicted octanol–water partition coefficient (Wildman–Crippen LogP) is 4.39. The number of piperazine rings is 1. The van der Waals surface area contributed by atoms with Crippen LogP contribution in [0.3, 0.4) is 0 Å². The Kier molecular flexibility index (Phi) is 11.7. The van der Waals surface area contributed by atoms with Crippen LogP contribution in [0.5, 0.6) is 5.75 Å². The summed E-state index contributed by atoms with van der Waals surface area (Å²) in [6, 6.07) is 24.0. The first-order valence-electron chi connectivity index (χ1n) is 18.0. The number of likely N-dealkylation sites (N-methyl/N-ethyl adjacent to an activating group) is 1. The number of hydrogen-bond donors (Lipinski definition) is 3. The standard InChI is InChI=1S/C40H45N7O7/c1-26(14-19-35(49)50)22-43-40(53)54-32-17-15-28(16-18-32)21-33-38(51)45(24-31-12-7-11-30-13-8-20-41-36(30)31)27(2)37-46(33)34(48)25-44(3)47(37)39(52)42-23-29-9-5-4-6-10-29/h4-13,15-18,20,26-27,33,37H,14,19,21-25H2,1-3H3,(H,42,52)(H,43,53)(H,49,50)/t26?,27-,33-,37?/m0/s1. The molecule has 4 aromatic rings. The zero-order chi connectivity index (χ0) is 38.4. The number of hydrogen-bond acceptors (Lipinski definition) is 8. The quantitative estimate of drug-likeness (QED) is 0.191. The monoisotopic (exact) mass is 735 g/mol. The van der Waals surface area contributed by atoms with Gasteiger partial charge in [-0.1, -0.05) is 73.7 Å². The van der Waals surface area contributed by atoms with E-state index >= 15 is 0 Å². The molecule has 2 aliphatic heterocycles. The molecule has 14 nitrogen and oxygen atoms in total. The number of nitrogens with zero attached hydrogens (tertiary/aromatic N) is 5. The van der Waals surface area contributed by atoms with Crippen molar-refractivity contribution in [2.24, 2.45) is 5.92 Å². The molecule has 2 unspecified atom stereocenters. The molecule has 2 fully saturated rings. The fourth-order valence-electron chi connectivity index (χ4n) is 7.09. The number of nitrogens with one attached hydrogen (secondary N) is 2. The molecular weight excluding hydrogens is 690 g/mol. The average Bonchev–Trinajstić information content (AvgIpc) is 3.16. The van der Waals surface area contributed by atoms with Crippen molar-refractivity contribution in [2.75, 3.05) is 20.1 Å². The third-order valence-corrected chi connectivity index (χ3v) is 9.94. The van der Waals surface area contributed by atoms with Crippen LogP contribution in [0.15, 0.2) is 91.1 Å². The number of ether oxygens (including phenoxy) is 1. The van der Waals surface area contributed by atoms with E-state index in [-0.39, 0.29) is 62.5 Å². The van der Waals surface area contributed by atoms with E-state index in [1.807, 2.05) is 74.5 Å². The molecule has 0 radical (unpaired) electrons. The van der Waals surface area contributed by atoms with Gasteiger partial charge < -0.3 is 30.3 Å². The number of aromatic nitrogens is 1. The van der Waals surface area contributed by atoms with Crippen LogP contribution in [-0.2, 0) is 33.9 Å². The number of pyridine rings is 1. The molecule has 282 valence electrons. The molecule has 3 N–H and O–H groups in total. The topological polar surface area (TPSA) is 165 Å². The van der Waals surface area contributed by atoms with Gasteiger partial charge in [0.2, 0.25) is 11.8 Å². The lowest BCUT2D eigenvalue weighted by Gasteiger charge is -2.57. The van der Waals surface area contributed by atoms with Crippen LogP contribution in [0.2, 0.25) is 0 Å². The highest BCUT2D eigenvalue weighted by Crippen LogP contribution is 2.33. The van der Waals surface area contributed by atoms with Crippen molar-refractivity contribution in [3.63, 3.8) is 0 Å². The van der Waals surface area contributed by atoms with Gasteiger partial charge in [-0.25, -0.2) is 19.6 Å². The zero-order valence-electron chi connectivity index (χ0n) is 30.6. The molecule has 3 aromatic carbocycles. The lowest BCUT2D eigenvalue weighted by atomic mass is 9.94. The average molecular weight is 736 g/mol. The Labute approximate surface area is 313 Å². The Morgan fingerprint density at radius 3 is 2.43 bits per heavy atom. The molecule has 4 atom stereocenters. The summed E-state index contributed by atoms with van der Waals surface area (Å²) in [6.45, 7) is 4.36. The van der Waals surface area contributed by atoms with E-state index in [0.29, 0.717) is 6.42 Å². The summed E-state index contributed by atoms with van der Waals surface area (Å²) in [5.41, 5.74) is 3.24. The fraction of sp³-hybridized carbons (Fsp3) is 0.350. The van der Waals surface area contributed by atoms with Crippen LogP contribution in [-0.4, -0.2) is 98.2 Å². The molecular formula is C40H45N7O7. The number of rotatable bonds is 12. The highest BCUT2D eigenvalue weighted by Gasteiger charge is 2.54. The Morgan fingerprint density at radius 2 is 1.69 bits per heavy atom. The van der Waals surface area contributed by atoms with Crippen molar-refractivity contribution >= 4 is 40.8 Å². The maximum absolute atomic E-state index is 14.6. The summed E-state index contributed by atoms with van der Waals surface area (Å²) in [6.07, 6.45) is 0.810. The second-order valence-corrected chi connectivity index (χ2v) is 13.9. The summed E-state index contributed by atoms with van der Waals surface area (Å²) < 4.78 is 5.43. The summed E-state index contributed by atoms with van der Waals surface area (Å²) >= 11 is 0. The van der Waals surface area contributed by atoms with Crippen molar-refractivity contribution < 1.29 is 33.8 Å². The summed E-state index contributed by atoms with van der Waals surface area (Å²) in [5, 5.41) is 18.6. The Balaban J connectivity index is 1.25. The van der Waals surface area contributed by atoms with E-state index < -0.39 is 36.3 Å². The van der Waals surface area contributed by atoms with Gasteiger partial charge in [0.05, 0.1) is 18.1 Å². The number of carbonyl (C=O) groups excluding carboxylic acids is 4. The Morgan fingerprint density at radius 1 is 0.944 bits per heavy atom. The first kappa shape index (κ1) is 37.7. The maximum atomic E-state index is 14.6. The largest absolute Gasteiger partial charge is 0.481 e. The van der Waals surface area contributed by atoms with Gasteiger partial charge in [-0.15, -0.1) is 0 Å². The van der Waals surface area contributed by atoms with Gasteiger partial charge in [-0.05, 0) is 54.2 Å². The predicted molar refractivity (Wildman–Crippen MR) is 200 cm³/mol. The highest BCUT2D eigenvalue weighted by molar-refractivity contribution is 5.92. The third-order valence-electron chi connectivity index (χ3n) is 9.94. The van der Waals surface area contributed by atoms with Crippen molar-refractivity contribution in [1.82, 2.24) is 35.4 Å². The molecule has 0 bridgehead atoms. The molecule has 0 aliphatic carbocycles. The first-order valence-corrected chi connectivity index (χ1v) is 18.0. The minimum atomic E-state index is -0.942. The minimum Gasteiger partial charge on any atom is -0.481 e. The van der Waals surface area contributed by atoms with Gasteiger partial charge in [0.1, 0.15) is 18.0 Å². The van der Waals surface area contributed by atoms with Crippen LogP contribution in [0.4, 0.5) is 9.59 Å². The van der Waals surface area contributed by atoms with Crippen LogP contribution in [0.1, 0.15) is 43.4 Å². The van der Waals surface area contributed by atoms with Gasteiger partial charge in [-0.3, -0.25) is 19.4 Å². The van der Waals surface area contributed by atoms with E-state index in [2.05, 4.69) is 15.6 Å². The number of benzene rings is 3. The van der Waals surface area contributed by atoms with E-state index in [0.717, 1.165) is 27.6 Å². The maximum Gasteiger partial charge on any atom is 0.412 e. The molecule has 6 rings (SSSR count). The van der Waals surface area contributed by atoms with Crippen LogP contribution in [0, 0.1) is 5.92 Å². The summed E-state index contributed by atoms with van der Waals surface area (Å²) in [5.74, 6) is -1.20. The molecule has 2 aliphatic rings. The Hall–Kier alpha value is -6.02. The van der Waals surface area contributed by atoms with Gasteiger partial charge in [-0.2, -0.15) is 0 Å². The molecule has 2 saturated heterocycles. The molecule has 54 heavy (non-hydrogen) atoms. The number of amides is 5. The van der Waals surface area contributed by atoms with Gasteiger partial charge in [0.25, 0.3) is 0 Å². The summed E-state index contributed by atoms with van der Waals surface area (Å²) in [7, 11) is 1.69. The lowest BCUT2D eigenvalue weighted by molar-refractivity contribution is -0.196. The number of aliphatic carboxylic acids is 1. The van der Waals surface area contributed by atoms with Gasteiger partial charge in [0.15, 0.2) is 0 Å². The first-order chi connectivity index (χ1) is 26.0. The number of urea groups is 1. The van der Waals surface area contributed by atoms with Crippen molar-refractivity contribution in [2.45, 2.75) is 64.4 Å². The SMILES string of the molecule is CC(CCC(=O)O)CNC(=O)Oc1ccc(C[C@H]2C(=O)N(Cc3cccc4cccnc34)[C@@H](C)C3N2C(=O)CN(C)N3C(=O)NCc2ccccc2)cc1. The smallest absolute Gasteiger partial charge is 0.412 e. The molecule has 14 heteroatoms. The fourth-order valence-corrected chi connectivity index (χ4v) is 7.09. The van der Waals surface area contributed by atoms with Crippen molar-refractivity contribution in [1.29, 1.82) is 0 Å². The second kappa shape index (κ2) is 16.8. The molecule has 3 heterocycles. The summed E-state index contributed by atoms with van der Waals surface area (Å²) in [4.78, 5) is 73.7. The number of para-hydroxylation sites is 1. The van der Waals surface area contributed by atoms with Crippen molar-refractivity contribution in [3.8, 4) is 5.75 Å². The molecule has 5 amide bonds. The van der Waals surface area contributed by atoms with Gasteiger partial charge >= 0.3 is 18.1 Å². The zero-order valence-corrected chi connectivity index (χ0v) is 30.6. The number of fused-ring (bicyclic) bond motifs is 2. The van der Waals surface area contributed by atoms with Gasteiger partial charge in [0, 0.05) is 51.1 Å². The van der Waals surface area contributed by atoms with Crippen LogP contribution >= 0.6 is 0 Å². The van der Waals surface area contributed by atoms with E-state index in [4.69, 9.17) is 9.84 Å². The van der Waals surface area contributed by atoms with E-state index in [1.54, 1.807) is 57.3 Å². The number of carboxylic acid groups (broad SMARTS) is 1. The third kappa shape index (κ3) is 8.60. The van der Waals surface area contributed by atoms with Crippen LogP contribution in [0.25, 0.3) is 10.9 Å². The lowest BCUT2D eigenvalue weighted by Crippen LogP contribution is -2.78. The highest BCUT2D eigenvalue weighted by atomic mass is 16.6. The number of carboxylic acids is 1. The normalized spacial score (nSPS) is 19.3. The van der Waals surface area contributed by atoms with Crippen LogP contribution < -0.4 is 15.4 Å². The van der Waals surface area contributed by atoms with E-state index in [9.17, 15) is 24.0 Å². The number of hydrazine groups is 1. The van der Waals surface area contributed by atoms with Crippen molar-refractivity contribution in [3.05, 3.63) is 108 Å². The molecule has 1 aromatic heterocycles. The molecule has 0 saturated carbocycles. The molecule has 0 spiro atoms. The Bertz CT molecular complexity index is 1990. The minimum absolute atomic E-state index is 0.0137. The second-order valence-electron chi connectivity index (χ2n) is 13.9. The number of carbonyl (C=O) groups is 5.